The zero-order valence-corrected chi connectivity index (χ0v) is 11.4. The van der Waals surface area contributed by atoms with E-state index in [1.807, 2.05) is 26.0 Å². The number of benzene rings is 1. The lowest BCUT2D eigenvalue weighted by atomic mass is 9.96. The van der Waals surface area contributed by atoms with Gasteiger partial charge in [0.05, 0.1) is 7.11 Å². The largest absolute Gasteiger partial charge is 0.496 e. The molecule has 1 aromatic carbocycles. The van der Waals surface area contributed by atoms with E-state index < -0.39 is 0 Å². The molecule has 0 saturated heterocycles. The summed E-state index contributed by atoms with van der Waals surface area (Å²) in [5.74, 6) is 6.02. The van der Waals surface area contributed by atoms with E-state index in [1.165, 1.54) is 7.05 Å². The third kappa shape index (κ3) is 3.21. The van der Waals surface area contributed by atoms with Gasteiger partial charge in [-0.05, 0) is 36.6 Å². The van der Waals surface area contributed by atoms with Crippen molar-refractivity contribution < 1.29 is 9.53 Å². The van der Waals surface area contributed by atoms with Crippen LogP contribution in [0, 0.1) is 13.8 Å². The van der Waals surface area contributed by atoms with Crippen molar-refractivity contribution in [3.8, 4) is 5.75 Å². The molecule has 0 radical (unpaired) electrons. The predicted octanol–water partition coefficient (Wildman–Crippen LogP) is 1.03. The number of nitrogens with two attached hydrogens (primary N) is 2. The van der Waals surface area contributed by atoms with Gasteiger partial charge in [0.25, 0.3) is 0 Å². The summed E-state index contributed by atoms with van der Waals surface area (Å²) in [7, 11) is 3.15. The molecule has 5 nitrogen and oxygen atoms in total. The van der Waals surface area contributed by atoms with Crippen molar-refractivity contribution in [2.75, 3.05) is 14.2 Å². The minimum atomic E-state index is -0.354. The second-order valence-corrected chi connectivity index (χ2v) is 4.49. The standard InChI is InChI=1S/C13H21N3O2/c1-8-6-12(18-4)9(2)5-10(8)11(14)7-13(17)16(3)15/h5-6,11H,7,14-15H2,1-4H3. The number of methoxy groups -OCH3 is 1. The van der Waals surface area contributed by atoms with Gasteiger partial charge in [-0.15, -0.1) is 0 Å². The van der Waals surface area contributed by atoms with Crippen molar-refractivity contribution in [1.82, 2.24) is 5.01 Å². The molecular weight excluding hydrogens is 230 g/mol. The number of aryl methyl sites for hydroxylation is 2. The van der Waals surface area contributed by atoms with Crippen LogP contribution in [0.25, 0.3) is 0 Å². The fourth-order valence-electron chi connectivity index (χ4n) is 1.87. The molecule has 1 rings (SSSR count). The minimum absolute atomic E-state index is 0.185. The van der Waals surface area contributed by atoms with Crippen LogP contribution in [0.3, 0.4) is 0 Å². The van der Waals surface area contributed by atoms with E-state index >= 15 is 0 Å². The molecule has 1 unspecified atom stereocenters. The third-order valence-corrected chi connectivity index (χ3v) is 2.97. The Hall–Kier alpha value is -1.59. The molecule has 18 heavy (non-hydrogen) atoms. The average molecular weight is 251 g/mol. The number of rotatable bonds is 4. The molecule has 0 aliphatic rings. The van der Waals surface area contributed by atoms with Gasteiger partial charge in [0.2, 0.25) is 5.91 Å². The second-order valence-electron chi connectivity index (χ2n) is 4.49. The molecule has 0 aromatic heterocycles. The number of hydrazine groups is 1. The van der Waals surface area contributed by atoms with Gasteiger partial charge < -0.3 is 10.5 Å². The molecule has 4 N–H and O–H groups in total. The maximum Gasteiger partial charge on any atom is 0.238 e. The molecule has 0 fully saturated rings. The monoisotopic (exact) mass is 251 g/mol. The van der Waals surface area contributed by atoms with E-state index in [-0.39, 0.29) is 18.4 Å². The van der Waals surface area contributed by atoms with Crippen molar-refractivity contribution in [2.24, 2.45) is 11.6 Å². The molecule has 1 atom stereocenters. The quantitative estimate of drug-likeness (QED) is 0.476. The van der Waals surface area contributed by atoms with E-state index in [1.54, 1.807) is 7.11 Å². The minimum Gasteiger partial charge on any atom is -0.496 e. The molecular formula is C13H21N3O2. The van der Waals surface area contributed by atoms with Crippen molar-refractivity contribution in [3.63, 3.8) is 0 Å². The lowest BCUT2D eigenvalue weighted by Crippen LogP contribution is -2.35. The van der Waals surface area contributed by atoms with Gasteiger partial charge in [-0.3, -0.25) is 9.80 Å². The topological polar surface area (TPSA) is 81.6 Å². The fourth-order valence-corrected chi connectivity index (χ4v) is 1.87. The van der Waals surface area contributed by atoms with E-state index in [0.29, 0.717) is 0 Å². The number of hydrogen-bond donors (Lipinski definition) is 2. The van der Waals surface area contributed by atoms with Crippen LogP contribution >= 0.6 is 0 Å². The maximum atomic E-state index is 11.5. The number of hydrogen-bond acceptors (Lipinski definition) is 4. The summed E-state index contributed by atoms with van der Waals surface area (Å²) in [6, 6.07) is 3.54. The normalized spacial score (nSPS) is 12.1. The zero-order valence-electron chi connectivity index (χ0n) is 11.4. The van der Waals surface area contributed by atoms with Crippen molar-refractivity contribution in [2.45, 2.75) is 26.3 Å². The number of carbonyl (C=O) groups is 1. The lowest BCUT2D eigenvalue weighted by Gasteiger charge is -2.18. The molecule has 100 valence electrons. The Morgan fingerprint density at radius 1 is 1.39 bits per heavy atom. The Balaban J connectivity index is 2.96. The fraction of sp³-hybridized carbons (Fsp3) is 0.462. The molecule has 0 aliphatic heterocycles. The number of amides is 1. The van der Waals surface area contributed by atoms with Crippen LogP contribution in [0.4, 0.5) is 0 Å². The highest BCUT2D eigenvalue weighted by Gasteiger charge is 2.16. The second kappa shape index (κ2) is 5.84. The average Bonchev–Trinajstić information content (AvgIpc) is 2.31. The molecule has 0 heterocycles. The molecule has 1 aromatic rings. The van der Waals surface area contributed by atoms with Gasteiger partial charge in [0, 0.05) is 19.5 Å². The van der Waals surface area contributed by atoms with Gasteiger partial charge in [-0.2, -0.15) is 0 Å². The van der Waals surface area contributed by atoms with Crippen LogP contribution in [0.15, 0.2) is 12.1 Å². The number of ether oxygens (including phenoxy) is 1. The first kappa shape index (κ1) is 14.5. The van der Waals surface area contributed by atoms with Gasteiger partial charge in [0.1, 0.15) is 5.75 Å². The Labute approximate surface area is 108 Å². The first-order valence-corrected chi connectivity index (χ1v) is 5.78. The Kier molecular flexibility index (Phi) is 4.69. The SMILES string of the molecule is COc1cc(C)c(C(N)CC(=O)N(C)N)cc1C. The summed E-state index contributed by atoms with van der Waals surface area (Å²) in [4.78, 5) is 11.5. The van der Waals surface area contributed by atoms with Crippen LogP contribution < -0.4 is 16.3 Å². The Morgan fingerprint density at radius 3 is 2.50 bits per heavy atom. The predicted molar refractivity (Wildman–Crippen MR) is 71.0 cm³/mol. The smallest absolute Gasteiger partial charge is 0.238 e. The zero-order chi connectivity index (χ0) is 13.9. The summed E-state index contributed by atoms with van der Waals surface area (Å²) in [6.45, 7) is 3.90. The molecule has 0 saturated carbocycles. The number of carbonyl (C=O) groups excluding carboxylic acids is 1. The van der Waals surface area contributed by atoms with Crippen molar-refractivity contribution in [3.05, 3.63) is 28.8 Å². The van der Waals surface area contributed by atoms with Crippen LogP contribution in [-0.4, -0.2) is 25.1 Å². The van der Waals surface area contributed by atoms with E-state index in [2.05, 4.69) is 0 Å². The van der Waals surface area contributed by atoms with Crippen LogP contribution in [0.2, 0.25) is 0 Å². The summed E-state index contributed by atoms with van der Waals surface area (Å²) in [5.41, 5.74) is 9.01. The highest BCUT2D eigenvalue weighted by molar-refractivity contribution is 5.76. The summed E-state index contributed by atoms with van der Waals surface area (Å²) >= 11 is 0. The molecule has 0 bridgehead atoms. The Morgan fingerprint density at radius 2 is 2.00 bits per heavy atom. The molecule has 0 aliphatic carbocycles. The number of nitrogens with zero attached hydrogens (tertiary/aromatic N) is 1. The van der Waals surface area contributed by atoms with Gasteiger partial charge in [-0.25, -0.2) is 5.84 Å². The van der Waals surface area contributed by atoms with Crippen LogP contribution in [0.5, 0.6) is 5.75 Å². The van der Waals surface area contributed by atoms with Crippen molar-refractivity contribution >= 4 is 5.91 Å². The maximum absolute atomic E-state index is 11.5. The van der Waals surface area contributed by atoms with Crippen LogP contribution in [0.1, 0.15) is 29.2 Å². The summed E-state index contributed by atoms with van der Waals surface area (Å²) in [6.07, 6.45) is 0.194. The first-order chi connectivity index (χ1) is 8.36. The van der Waals surface area contributed by atoms with Crippen molar-refractivity contribution in [1.29, 1.82) is 0 Å². The van der Waals surface area contributed by atoms with Gasteiger partial charge >= 0.3 is 0 Å². The van der Waals surface area contributed by atoms with Crippen LogP contribution in [-0.2, 0) is 4.79 Å². The molecule has 5 heteroatoms. The summed E-state index contributed by atoms with van der Waals surface area (Å²) < 4.78 is 5.24. The third-order valence-electron chi connectivity index (χ3n) is 2.97. The highest BCUT2D eigenvalue weighted by Crippen LogP contribution is 2.27. The van der Waals surface area contributed by atoms with Gasteiger partial charge in [0.15, 0.2) is 0 Å². The first-order valence-electron chi connectivity index (χ1n) is 5.78. The van der Waals surface area contributed by atoms with Gasteiger partial charge in [-0.1, -0.05) is 6.07 Å². The Bertz CT molecular complexity index is 444. The lowest BCUT2D eigenvalue weighted by molar-refractivity contribution is -0.130. The van der Waals surface area contributed by atoms with E-state index in [9.17, 15) is 4.79 Å². The molecule has 0 spiro atoms. The summed E-state index contributed by atoms with van der Waals surface area (Å²) in [5, 5.41) is 1.06. The van der Waals surface area contributed by atoms with E-state index in [0.717, 1.165) is 27.4 Å². The van der Waals surface area contributed by atoms with E-state index in [4.69, 9.17) is 16.3 Å². The molecule has 1 amide bonds. The highest BCUT2D eigenvalue weighted by atomic mass is 16.5.